The Hall–Kier alpha value is -2.30. The predicted molar refractivity (Wildman–Crippen MR) is 78.6 cm³/mol. The molecule has 0 spiro atoms. The molecule has 1 atom stereocenters. The van der Waals surface area contributed by atoms with Gasteiger partial charge in [-0.2, -0.15) is 4.39 Å². The number of rotatable bonds is 6. The number of esters is 1. The van der Waals surface area contributed by atoms with Crippen LogP contribution < -0.4 is 0 Å². The van der Waals surface area contributed by atoms with E-state index >= 15 is 0 Å². The van der Waals surface area contributed by atoms with Gasteiger partial charge in [-0.1, -0.05) is 24.3 Å². The largest absolute Gasteiger partial charge is 0.457 e. The zero-order valence-electron chi connectivity index (χ0n) is 12.3. The van der Waals surface area contributed by atoms with Gasteiger partial charge in [0.2, 0.25) is 5.95 Å². The highest BCUT2D eigenvalue weighted by molar-refractivity contribution is 5.88. The Kier molecular flexibility index (Phi) is 5.58. The molecule has 22 heavy (non-hydrogen) atoms. The molecule has 1 aromatic heterocycles. The van der Waals surface area contributed by atoms with Crippen LogP contribution >= 0.6 is 0 Å². The maximum Gasteiger partial charge on any atom is 0.340 e. The van der Waals surface area contributed by atoms with Crippen LogP contribution in [-0.4, -0.2) is 17.1 Å². The van der Waals surface area contributed by atoms with Gasteiger partial charge in [0.25, 0.3) is 0 Å². The summed E-state index contributed by atoms with van der Waals surface area (Å²) in [6.07, 6.45) is 1.40. The quantitative estimate of drug-likeness (QED) is 0.601. The molecule has 0 saturated heterocycles. The Morgan fingerprint density at radius 2 is 2.05 bits per heavy atom. The van der Waals surface area contributed by atoms with Gasteiger partial charge in [0.15, 0.2) is 0 Å². The van der Waals surface area contributed by atoms with E-state index in [0.717, 1.165) is 23.4 Å². The molecule has 2 rings (SSSR count). The highest BCUT2D eigenvalue weighted by Gasteiger charge is 2.08. The van der Waals surface area contributed by atoms with Crippen molar-refractivity contribution in [2.45, 2.75) is 32.5 Å². The first-order valence-corrected chi connectivity index (χ1v) is 7.05. The summed E-state index contributed by atoms with van der Waals surface area (Å²) in [6.45, 7) is 1.64. The molecule has 0 saturated carbocycles. The Morgan fingerprint density at radius 1 is 1.27 bits per heavy atom. The topological polar surface area (TPSA) is 39.2 Å². The number of pyridine rings is 1. The van der Waals surface area contributed by atoms with Crippen molar-refractivity contribution in [2.24, 2.45) is 0 Å². The van der Waals surface area contributed by atoms with E-state index in [1.165, 1.54) is 13.0 Å². The molecule has 0 N–H and O–H groups in total. The summed E-state index contributed by atoms with van der Waals surface area (Å²) in [4.78, 5) is 15.2. The van der Waals surface area contributed by atoms with E-state index in [4.69, 9.17) is 4.74 Å². The number of alkyl halides is 1. The van der Waals surface area contributed by atoms with Crippen molar-refractivity contribution < 1.29 is 18.3 Å². The van der Waals surface area contributed by atoms with Crippen molar-refractivity contribution in [2.75, 3.05) is 0 Å². The van der Waals surface area contributed by atoms with Crippen LogP contribution in [0.4, 0.5) is 8.78 Å². The van der Waals surface area contributed by atoms with Crippen molar-refractivity contribution in [3.05, 3.63) is 65.2 Å². The lowest BCUT2D eigenvalue weighted by atomic mass is 10.1. The zero-order chi connectivity index (χ0) is 15.9. The SMILES string of the molecule is C[C@H](F)CCc1cccc(COC(=O)c2ccc(F)nc2)c1. The van der Waals surface area contributed by atoms with Gasteiger partial charge in [-0.25, -0.2) is 14.2 Å². The molecule has 2 aromatic rings. The van der Waals surface area contributed by atoms with Gasteiger partial charge in [-0.3, -0.25) is 0 Å². The molecule has 0 aliphatic rings. The number of aromatic nitrogens is 1. The van der Waals surface area contributed by atoms with Crippen LogP contribution in [0.5, 0.6) is 0 Å². The fourth-order valence-electron chi connectivity index (χ4n) is 1.97. The summed E-state index contributed by atoms with van der Waals surface area (Å²) in [6, 6.07) is 9.91. The minimum atomic E-state index is -0.840. The molecule has 0 bridgehead atoms. The monoisotopic (exact) mass is 305 g/mol. The van der Waals surface area contributed by atoms with E-state index < -0.39 is 18.1 Å². The Morgan fingerprint density at radius 3 is 2.73 bits per heavy atom. The van der Waals surface area contributed by atoms with Crippen LogP contribution in [0.3, 0.4) is 0 Å². The first-order valence-electron chi connectivity index (χ1n) is 7.05. The van der Waals surface area contributed by atoms with Gasteiger partial charge in [0, 0.05) is 6.20 Å². The van der Waals surface area contributed by atoms with Gasteiger partial charge in [-0.05, 0) is 43.0 Å². The second-order valence-electron chi connectivity index (χ2n) is 5.09. The number of benzene rings is 1. The van der Waals surface area contributed by atoms with Gasteiger partial charge in [0.1, 0.15) is 6.61 Å². The van der Waals surface area contributed by atoms with Crippen molar-refractivity contribution in [3.63, 3.8) is 0 Å². The zero-order valence-corrected chi connectivity index (χ0v) is 12.3. The van der Waals surface area contributed by atoms with Gasteiger partial charge in [-0.15, -0.1) is 0 Å². The minimum absolute atomic E-state index is 0.106. The van der Waals surface area contributed by atoms with E-state index in [2.05, 4.69) is 4.98 Å². The van der Waals surface area contributed by atoms with Crippen LogP contribution in [0.25, 0.3) is 0 Å². The fourth-order valence-corrected chi connectivity index (χ4v) is 1.97. The number of hydrogen-bond acceptors (Lipinski definition) is 3. The number of aryl methyl sites for hydroxylation is 1. The Bertz CT molecular complexity index is 627. The molecule has 0 aliphatic heterocycles. The van der Waals surface area contributed by atoms with Crippen molar-refractivity contribution in [1.29, 1.82) is 0 Å². The number of halogens is 2. The van der Waals surface area contributed by atoms with Crippen LogP contribution in [-0.2, 0) is 17.8 Å². The summed E-state index contributed by atoms with van der Waals surface area (Å²) < 4.78 is 30.7. The third kappa shape index (κ3) is 4.91. The van der Waals surface area contributed by atoms with Crippen LogP contribution in [0.1, 0.15) is 34.8 Å². The van der Waals surface area contributed by atoms with Gasteiger partial charge >= 0.3 is 5.97 Å². The second-order valence-corrected chi connectivity index (χ2v) is 5.09. The number of ether oxygens (including phenoxy) is 1. The molecule has 0 fully saturated rings. The minimum Gasteiger partial charge on any atom is -0.457 e. The molecule has 5 heteroatoms. The summed E-state index contributed by atoms with van der Waals surface area (Å²) in [7, 11) is 0. The lowest BCUT2D eigenvalue weighted by Crippen LogP contribution is -2.06. The lowest BCUT2D eigenvalue weighted by molar-refractivity contribution is 0.0472. The van der Waals surface area contributed by atoms with Crippen molar-refractivity contribution in [1.82, 2.24) is 4.98 Å². The first kappa shape index (κ1) is 16.1. The lowest BCUT2D eigenvalue weighted by Gasteiger charge is -2.07. The molecular weight excluding hydrogens is 288 g/mol. The third-order valence-electron chi connectivity index (χ3n) is 3.16. The molecule has 0 unspecified atom stereocenters. The molecule has 3 nitrogen and oxygen atoms in total. The summed E-state index contributed by atoms with van der Waals surface area (Å²) in [5.41, 5.74) is 2.03. The third-order valence-corrected chi connectivity index (χ3v) is 3.16. The van der Waals surface area contributed by atoms with E-state index in [9.17, 15) is 13.6 Å². The van der Waals surface area contributed by atoms with E-state index in [-0.39, 0.29) is 12.2 Å². The standard InChI is InChI=1S/C17H17F2NO2/c1-12(18)5-6-13-3-2-4-14(9-13)11-22-17(21)15-7-8-16(19)20-10-15/h2-4,7-10,12H,5-6,11H2,1H3/t12-/m0/s1. The molecule has 116 valence electrons. The summed E-state index contributed by atoms with van der Waals surface area (Å²) in [5.74, 6) is -1.21. The maximum atomic E-state index is 12.9. The fraction of sp³-hybridized carbons (Fsp3) is 0.294. The van der Waals surface area contributed by atoms with Crippen molar-refractivity contribution in [3.8, 4) is 0 Å². The Labute approximate surface area is 128 Å². The Balaban J connectivity index is 1.92. The van der Waals surface area contributed by atoms with E-state index in [1.807, 2.05) is 24.3 Å². The molecular formula is C17H17F2NO2. The highest BCUT2D eigenvalue weighted by Crippen LogP contribution is 2.12. The van der Waals surface area contributed by atoms with Crippen LogP contribution in [0.15, 0.2) is 42.6 Å². The molecule has 0 aliphatic carbocycles. The molecule has 1 aromatic carbocycles. The average molecular weight is 305 g/mol. The van der Waals surface area contributed by atoms with Crippen LogP contribution in [0.2, 0.25) is 0 Å². The highest BCUT2D eigenvalue weighted by atomic mass is 19.1. The van der Waals surface area contributed by atoms with E-state index in [1.54, 1.807) is 0 Å². The van der Waals surface area contributed by atoms with Gasteiger partial charge in [0.05, 0.1) is 11.7 Å². The number of nitrogens with zero attached hydrogens (tertiary/aromatic N) is 1. The van der Waals surface area contributed by atoms with Crippen molar-refractivity contribution >= 4 is 5.97 Å². The maximum absolute atomic E-state index is 12.9. The molecule has 1 heterocycles. The smallest absolute Gasteiger partial charge is 0.340 e. The second kappa shape index (κ2) is 7.64. The average Bonchev–Trinajstić information content (AvgIpc) is 2.52. The van der Waals surface area contributed by atoms with Gasteiger partial charge < -0.3 is 4.74 Å². The number of carbonyl (C=O) groups is 1. The molecule has 0 radical (unpaired) electrons. The molecule has 0 amide bonds. The van der Waals surface area contributed by atoms with E-state index in [0.29, 0.717) is 12.8 Å². The first-order chi connectivity index (χ1) is 10.5. The number of hydrogen-bond donors (Lipinski definition) is 0. The van der Waals surface area contributed by atoms with Crippen LogP contribution in [0, 0.1) is 5.95 Å². The normalized spacial score (nSPS) is 12.0. The summed E-state index contributed by atoms with van der Waals surface area (Å²) >= 11 is 0. The predicted octanol–water partition coefficient (Wildman–Crippen LogP) is 3.87. The number of carbonyl (C=O) groups excluding carboxylic acids is 1. The summed E-state index contributed by atoms with van der Waals surface area (Å²) in [5, 5.41) is 0.